The molecule has 0 aromatic heterocycles. The van der Waals surface area contributed by atoms with Gasteiger partial charge in [0.1, 0.15) is 0 Å². The number of nitrogens with one attached hydrogen (secondary N) is 1. The Hall–Kier alpha value is -0.730. The average Bonchev–Trinajstić information content (AvgIpc) is 2.39. The van der Waals surface area contributed by atoms with Gasteiger partial charge in [-0.05, 0) is 36.6 Å². The van der Waals surface area contributed by atoms with E-state index in [1.54, 1.807) is 0 Å². The van der Waals surface area contributed by atoms with Crippen LogP contribution < -0.4 is 5.32 Å². The first-order chi connectivity index (χ1) is 8.33. The topological polar surface area (TPSA) is 15.3 Å². The Labute approximate surface area is 108 Å². The van der Waals surface area contributed by atoms with Gasteiger partial charge in [-0.3, -0.25) is 4.90 Å². The minimum Gasteiger partial charge on any atom is -0.372 e. The quantitative estimate of drug-likeness (QED) is 0.814. The molecule has 1 aliphatic carbocycles. The lowest BCUT2D eigenvalue weighted by Gasteiger charge is -2.38. The predicted molar refractivity (Wildman–Crippen MR) is 72.4 cm³/mol. The molecule has 2 aliphatic rings. The predicted octanol–water partition coefficient (Wildman–Crippen LogP) is 3.86. The highest BCUT2D eigenvalue weighted by Gasteiger charge is 2.24. The minimum atomic E-state index is 0.767. The zero-order valence-electron chi connectivity index (χ0n) is 10.1. The van der Waals surface area contributed by atoms with Gasteiger partial charge in [0.05, 0.1) is 6.67 Å². The first-order valence-corrected chi connectivity index (χ1v) is 6.97. The van der Waals surface area contributed by atoms with Crippen LogP contribution in [0.4, 0.5) is 5.69 Å². The molecule has 1 fully saturated rings. The fourth-order valence-electron chi connectivity index (χ4n) is 3.03. The molecule has 2 nitrogen and oxygen atoms in total. The molecule has 1 aromatic rings. The molecule has 0 saturated heterocycles. The maximum absolute atomic E-state index is 6.06. The molecule has 92 valence electrons. The summed E-state index contributed by atoms with van der Waals surface area (Å²) >= 11 is 6.06. The number of hydrogen-bond donors (Lipinski definition) is 1. The normalized spacial score (nSPS) is 21.9. The van der Waals surface area contributed by atoms with Crippen molar-refractivity contribution in [3.8, 4) is 0 Å². The van der Waals surface area contributed by atoms with E-state index in [9.17, 15) is 0 Å². The van der Waals surface area contributed by atoms with Crippen LogP contribution in [0.1, 0.15) is 37.7 Å². The van der Waals surface area contributed by atoms with Crippen LogP contribution in [0.3, 0.4) is 0 Å². The molecule has 0 radical (unpaired) electrons. The van der Waals surface area contributed by atoms with Gasteiger partial charge < -0.3 is 5.32 Å². The molecular formula is C14H19ClN2. The number of benzene rings is 1. The van der Waals surface area contributed by atoms with Crippen molar-refractivity contribution >= 4 is 17.3 Å². The van der Waals surface area contributed by atoms with Gasteiger partial charge in [0.15, 0.2) is 0 Å². The van der Waals surface area contributed by atoms with E-state index in [-0.39, 0.29) is 0 Å². The number of hydrogen-bond acceptors (Lipinski definition) is 2. The molecule has 0 amide bonds. The van der Waals surface area contributed by atoms with Crippen molar-refractivity contribution in [1.82, 2.24) is 4.90 Å². The van der Waals surface area contributed by atoms with Crippen LogP contribution in [0.25, 0.3) is 0 Å². The van der Waals surface area contributed by atoms with Crippen molar-refractivity contribution in [3.63, 3.8) is 0 Å². The van der Waals surface area contributed by atoms with Gasteiger partial charge >= 0.3 is 0 Å². The van der Waals surface area contributed by atoms with Gasteiger partial charge in [-0.25, -0.2) is 0 Å². The average molecular weight is 251 g/mol. The molecule has 0 atom stereocenters. The summed E-state index contributed by atoms with van der Waals surface area (Å²) < 4.78 is 0. The first-order valence-electron chi connectivity index (χ1n) is 6.59. The third-order valence-corrected chi connectivity index (χ3v) is 4.24. The third kappa shape index (κ3) is 2.43. The zero-order valence-corrected chi connectivity index (χ0v) is 10.8. The second-order valence-corrected chi connectivity index (χ2v) is 5.61. The Kier molecular flexibility index (Phi) is 3.26. The molecule has 0 bridgehead atoms. The van der Waals surface area contributed by atoms with Crippen LogP contribution in [-0.2, 0) is 6.54 Å². The number of anilines is 1. The SMILES string of the molecule is Clc1ccc2c(c1)CN(C1CCCCC1)CN2. The van der Waals surface area contributed by atoms with E-state index < -0.39 is 0 Å². The lowest BCUT2D eigenvalue weighted by molar-refractivity contribution is 0.154. The van der Waals surface area contributed by atoms with Crippen LogP contribution in [-0.4, -0.2) is 17.6 Å². The molecule has 1 saturated carbocycles. The Morgan fingerprint density at radius 1 is 1.18 bits per heavy atom. The van der Waals surface area contributed by atoms with Gasteiger partial charge in [-0.1, -0.05) is 30.9 Å². The summed E-state index contributed by atoms with van der Waals surface area (Å²) in [6.07, 6.45) is 6.92. The van der Waals surface area contributed by atoms with E-state index in [1.807, 2.05) is 6.07 Å². The van der Waals surface area contributed by atoms with Crippen molar-refractivity contribution in [2.45, 2.75) is 44.7 Å². The van der Waals surface area contributed by atoms with Crippen LogP contribution in [0.15, 0.2) is 18.2 Å². The molecule has 1 aliphatic heterocycles. The van der Waals surface area contributed by atoms with E-state index >= 15 is 0 Å². The molecule has 0 spiro atoms. The Bertz CT molecular complexity index is 399. The lowest BCUT2D eigenvalue weighted by atomic mass is 9.93. The highest BCUT2D eigenvalue weighted by atomic mass is 35.5. The Morgan fingerprint density at radius 3 is 2.82 bits per heavy atom. The van der Waals surface area contributed by atoms with Crippen LogP contribution >= 0.6 is 11.6 Å². The van der Waals surface area contributed by atoms with Crippen molar-refractivity contribution in [2.24, 2.45) is 0 Å². The van der Waals surface area contributed by atoms with E-state index in [0.717, 1.165) is 24.3 Å². The standard InChI is InChI=1S/C14H19ClN2/c15-12-6-7-14-11(8-12)9-17(10-16-14)13-4-2-1-3-5-13/h6-8,13,16H,1-5,9-10H2. The molecule has 17 heavy (non-hydrogen) atoms. The van der Waals surface area contributed by atoms with Crippen molar-refractivity contribution in [3.05, 3.63) is 28.8 Å². The molecule has 1 aromatic carbocycles. The van der Waals surface area contributed by atoms with Gasteiger partial charge in [-0.15, -0.1) is 0 Å². The monoisotopic (exact) mass is 250 g/mol. The fraction of sp³-hybridized carbons (Fsp3) is 0.571. The summed E-state index contributed by atoms with van der Waals surface area (Å²) in [5, 5.41) is 4.35. The number of halogens is 1. The highest BCUT2D eigenvalue weighted by Crippen LogP contribution is 2.30. The van der Waals surface area contributed by atoms with Crippen molar-refractivity contribution < 1.29 is 0 Å². The summed E-state index contributed by atoms with van der Waals surface area (Å²) in [4.78, 5) is 2.57. The number of rotatable bonds is 1. The largest absolute Gasteiger partial charge is 0.372 e. The van der Waals surface area contributed by atoms with E-state index in [4.69, 9.17) is 11.6 Å². The molecule has 1 N–H and O–H groups in total. The van der Waals surface area contributed by atoms with Crippen molar-refractivity contribution in [2.75, 3.05) is 12.0 Å². The molecular weight excluding hydrogens is 232 g/mol. The van der Waals surface area contributed by atoms with Crippen LogP contribution in [0, 0.1) is 0 Å². The molecule has 3 heteroatoms. The maximum Gasteiger partial charge on any atom is 0.0683 e. The Morgan fingerprint density at radius 2 is 2.00 bits per heavy atom. The Balaban J connectivity index is 1.75. The van der Waals surface area contributed by atoms with Gasteiger partial charge in [0.25, 0.3) is 0 Å². The van der Waals surface area contributed by atoms with Gasteiger partial charge in [0, 0.05) is 23.3 Å². The van der Waals surface area contributed by atoms with E-state index in [1.165, 1.54) is 43.4 Å². The third-order valence-electron chi connectivity index (χ3n) is 4.00. The number of nitrogens with zero attached hydrogens (tertiary/aromatic N) is 1. The van der Waals surface area contributed by atoms with Gasteiger partial charge in [-0.2, -0.15) is 0 Å². The molecule has 0 unspecified atom stereocenters. The van der Waals surface area contributed by atoms with Crippen LogP contribution in [0.2, 0.25) is 5.02 Å². The highest BCUT2D eigenvalue weighted by molar-refractivity contribution is 6.30. The van der Waals surface area contributed by atoms with Crippen molar-refractivity contribution in [1.29, 1.82) is 0 Å². The van der Waals surface area contributed by atoms with E-state index in [0.29, 0.717) is 0 Å². The number of fused-ring (bicyclic) bond motifs is 1. The second kappa shape index (κ2) is 4.87. The first kappa shape index (κ1) is 11.4. The van der Waals surface area contributed by atoms with E-state index in [2.05, 4.69) is 22.3 Å². The van der Waals surface area contributed by atoms with Gasteiger partial charge in [0.2, 0.25) is 0 Å². The summed E-state index contributed by atoms with van der Waals surface area (Å²) in [5.74, 6) is 0. The summed E-state index contributed by atoms with van der Waals surface area (Å²) in [5.41, 5.74) is 2.59. The lowest BCUT2D eigenvalue weighted by Crippen LogP contribution is -2.42. The summed E-state index contributed by atoms with van der Waals surface area (Å²) in [6, 6.07) is 6.92. The fourth-order valence-corrected chi connectivity index (χ4v) is 3.23. The molecule has 3 rings (SSSR count). The maximum atomic E-state index is 6.06. The molecule has 1 heterocycles. The minimum absolute atomic E-state index is 0.767. The van der Waals surface area contributed by atoms with Crippen LogP contribution in [0.5, 0.6) is 0 Å². The smallest absolute Gasteiger partial charge is 0.0683 e. The zero-order chi connectivity index (χ0) is 11.7. The summed E-state index contributed by atoms with van der Waals surface area (Å²) in [6.45, 7) is 2.03. The second-order valence-electron chi connectivity index (χ2n) is 5.18. The summed E-state index contributed by atoms with van der Waals surface area (Å²) in [7, 11) is 0.